The van der Waals surface area contributed by atoms with Crippen molar-refractivity contribution in [1.29, 1.82) is 0 Å². The Labute approximate surface area is 148 Å². The number of unbranched alkanes of at least 4 members (excludes halogenated alkanes) is 4. The molecule has 1 saturated carbocycles. The Kier molecular flexibility index (Phi) is 10.1. The van der Waals surface area contributed by atoms with Crippen molar-refractivity contribution in [2.24, 2.45) is 17.8 Å². The van der Waals surface area contributed by atoms with Gasteiger partial charge >= 0.3 is 0 Å². The van der Waals surface area contributed by atoms with Gasteiger partial charge in [0.2, 0.25) is 0 Å². The molecule has 1 aliphatic carbocycles. The Morgan fingerprint density at radius 2 is 1.62 bits per heavy atom. The number of aliphatic hydroxyl groups is 3. The summed E-state index contributed by atoms with van der Waals surface area (Å²) in [6.45, 7) is 5.10. The van der Waals surface area contributed by atoms with Crippen molar-refractivity contribution in [2.45, 2.75) is 77.1 Å². The van der Waals surface area contributed by atoms with E-state index in [0.29, 0.717) is 6.42 Å². The van der Waals surface area contributed by atoms with Crippen LogP contribution in [-0.4, -0.2) is 59.2 Å². The van der Waals surface area contributed by atoms with Gasteiger partial charge in [0, 0.05) is 12.3 Å². The van der Waals surface area contributed by atoms with E-state index in [4.69, 9.17) is 0 Å². The molecule has 0 heterocycles. The van der Waals surface area contributed by atoms with Gasteiger partial charge in [-0.2, -0.15) is 0 Å². The fourth-order valence-electron chi connectivity index (χ4n) is 3.58. The highest BCUT2D eigenvalue weighted by Gasteiger charge is 2.39. The summed E-state index contributed by atoms with van der Waals surface area (Å²) in [5.74, 6) is 0.268. The molecule has 1 fully saturated rings. The van der Waals surface area contributed by atoms with Crippen LogP contribution in [0.1, 0.15) is 58.8 Å². The minimum Gasteiger partial charge on any atom is -0.393 e. The van der Waals surface area contributed by atoms with E-state index in [9.17, 15) is 15.3 Å². The molecular formula is C20H39NO3. The molecule has 0 amide bonds. The van der Waals surface area contributed by atoms with Crippen LogP contribution < -0.4 is 0 Å². The second-order valence-corrected chi connectivity index (χ2v) is 8.09. The average molecular weight is 342 g/mol. The lowest BCUT2D eigenvalue weighted by molar-refractivity contribution is 0.115. The maximum absolute atomic E-state index is 10.2. The first-order valence-electron chi connectivity index (χ1n) is 9.70. The molecule has 142 valence electrons. The Morgan fingerprint density at radius 1 is 1.00 bits per heavy atom. The summed E-state index contributed by atoms with van der Waals surface area (Å²) in [4.78, 5) is 2.22. The van der Waals surface area contributed by atoms with Crippen LogP contribution in [0.3, 0.4) is 0 Å². The van der Waals surface area contributed by atoms with Crippen molar-refractivity contribution < 1.29 is 15.3 Å². The molecule has 0 saturated heterocycles. The summed E-state index contributed by atoms with van der Waals surface area (Å²) in [6.07, 6.45) is 9.81. The topological polar surface area (TPSA) is 63.9 Å². The zero-order chi connectivity index (χ0) is 18.1. The lowest BCUT2D eigenvalue weighted by Gasteiger charge is -2.21. The average Bonchev–Trinajstić information content (AvgIpc) is 2.77. The van der Waals surface area contributed by atoms with Crippen molar-refractivity contribution in [3.63, 3.8) is 0 Å². The fraction of sp³-hybridized carbons (Fsp3) is 0.900. The molecular weight excluding hydrogens is 302 g/mol. The maximum Gasteiger partial charge on any atom is 0.0743 e. The number of hydrogen-bond donors (Lipinski definition) is 3. The first-order chi connectivity index (χ1) is 11.3. The van der Waals surface area contributed by atoms with Gasteiger partial charge in [-0.25, -0.2) is 0 Å². The van der Waals surface area contributed by atoms with Crippen molar-refractivity contribution >= 4 is 0 Å². The number of aliphatic hydroxyl groups excluding tert-OH is 3. The van der Waals surface area contributed by atoms with Gasteiger partial charge in [0.05, 0.1) is 18.3 Å². The molecule has 0 spiro atoms. The highest BCUT2D eigenvalue weighted by atomic mass is 16.3. The van der Waals surface area contributed by atoms with Crippen molar-refractivity contribution in [2.75, 3.05) is 20.6 Å². The Hall–Kier alpha value is -0.420. The van der Waals surface area contributed by atoms with E-state index in [1.165, 1.54) is 25.7 Å². The molecule has 4 heteroatoms. The van der Waals surface area contributed by atoms with Crippen LogP contribution in [0.4, 0.5) is 0 Å². The number of nitrogens with zero attached hydrogens (tertiary/aromatic N) is 1. The van der Waals surface area contributed by atoms with Crippen LogP contribution in [0.5, 0.6) is 0 Å². The summed E-state index contributed by atoms with van der Waals surface area (Å²) >= 11 is 0. The summed E-state index contributed by atoms with van der Waals surface area (Å²) in [5.41, 5.74) is 0. The summed E-state index contributed by atoms with van der Waals surface area (Å²) in [6, 6.07) is 0. The third kappa shape index (κ3) is 7.64. The molecule has 0 unspecified atom stereocenters. The SMILES string of the molecule is CC(C)[C@@H](O)/C=C/[C@@H]1[C@@H](CCCCCCCN(C)C)[C@H](O)C[C@H]1O. The summed E-state index contributed by atoms with van der Waals surface area (Å²) < 4.78 is 0. The molecule has 24 heavy (non-hydrogen) atoms. The number of hydrogen-bond acceptors (Lipinski definition) is 4. The molecule has 1 rings (SSSR count). The van der Waals surface area contributed by atoms with E-state index in [1.54, 1.807) is 6.08 Å². The van der Waals surface area contributed by atoms with Gasteiger partial charge < -0.3 is 20.2 Å². The largest absolute Gasteiger partial charge is 0.393 e. The minimum absolute atomic E-state index is 0.0258. The molecule has 0 aliphatic heterocycles. The summed E-state index contributed by atoms with van der Waals surface area (Å²) in [5, 5.41) is 30.4. The molecule has 0 aromatic heterocycles. The predicted molar refractivity (Wildman–Crippen MR) is 99.9 cm³/mol. The van der Waals surface area contributed by atoms with Crippen LogP contribution in [0, 0.1) is 17.8 Å². The van der Waals surface area contributed by atoms with Crippen LogP contribution >= 0.6 is 0 Å². The second kappa shape index (κ2) is 11.2. The molecule has 1 aliphatic rings. The lowest BCUT2D eigenvalue weighted by atomic mass is 9.87. The lowest BCUT2D eigenvalue weighted by Crippen LogP contribution is -2.21. The molecule has 3 N–H and O–H groups in total. The van der Waals surface area contributed by atoms with Gasteiger partial charge in [-0.3, -0.25) is 0 Å². The highest BCUT2D eigenvalue weighted by molar-refractivity contribution is 5.04. The quantitative estimate of drug-likeness (QED) is 0.399. The number of rotatable bonds is 11. The zero-order valence-electron chi connectivity index (χ0n) is 16.1. The van der Waals surface area contributed by atoms with Gasteiger partial charge in [0.1, 0.15) is 0 Å². The third-order valence-corrected chi connectivity index (χ3v) is 5.27. The van der Waals surface area contributed by atoms with Crippen molar-refractivity contribution in [3.8, 4) is 0 Å². The fourth-order valence-corrected chi connectivity index (χ4v) is 3.58. The van der Waals surface area contributed by atoms with Gasteiger partial charge in [0.15, 0.2) is 0 Å². The van der Waals surface area contributed by atoms with E-state index in [0.717, 1.165) is 19.4 Å². The van der Waals surface area contributed by atoms with Gasteiger partial charge in [-0.1, -0.05) is 51.7 Å². The Balaban J connectivity index is 2.35. The van der Waals surface area contributed by atoms with E-state index in [1.807, 2.05) is 19.9 Å². The van der Waals surface area contributed by atoms with Crippen LogP contribution in [0.2, 0.25) is 0 Å². The van der Waals surface area contributed by atoms with Crippen molar-refractivity contribution in [3.05, 3.63) is 12.2 Å². The van der Waals surface area contributed by atoms with E-state index in [-0.39, 0.29) is 17.8 Å². The summed E-state index contributed by atoms with van der Waals surface area (Å²) in [7, 11) is 4.22. The van der Waals surface area contributed by atoms with Gasteiger partial charge in [0.25, 0.3) is 0 Å². The van der Waals surface area contributed by atoms with E-state index in [2.05, 4.69) is 19.0 Å². The van der Waals surface area contributed by atoms with Crippen LogP contribution in [0.15, 0.2) is 12.2 Å². The third-order valence-electron chi connectivity index (χ3n) is 5.27. The van der Waals surface area contributed by atoms with Crippen LogP contribution in [-0.2, 0) is 0 Å². The normalized spacial score (nSPS) is 29.2. The Bertz CT molecular complexity index is 357. The molecule has 5 atom stereocenters. The molecule has 0 aromatic rings. The maximum atomic E-state index is 10.2. The molecule has 4 nitrogen and oxygen atoms in total. The van der Waals surface area contributed by atoms with Gasteiger partial charge in [-0.15, -0.1) is 0 Å². The highest BCUT2D eigenvalue weighted by Crippen LogP contribution is 2.37. The first kappa shape index (κ1) is 21.6. The second-order valence-electron chi connectivity index (χ2n) is 8.09. The first-order valence-corrected chi connectivity index (χ1v) is 9.70. The minimum atomic E-state index is -0.485. The zero-order valence-corrected chi connectivity index (χ0v) is 16.1. The predicted octanol–water partition coefficient (Wildman–Crippen LogP) is 2.82. The standard InChI is InChI=1S/C20H39NO3/c1-15(2)18(22)12-11-17-16(19(23)14-20(17)24)10-8-6-5-7-9-13-21(3)4/h11-12,15-20,22-24H,5-10,13-14H2,1-4H3/b12-11+/t16-,17-,18+,19-,20-/m1/s1. The molecule has 0 aromatic carbocycles. The van der Waals surface area contributed by atoms with E-state index < -0.39 is 18.3 Å². The Morgan fingerprint density at radius 3 is 2.25 bits per heavy atom. The molecule has 0 radical (unpaired) electrons. The monoisotopic (exact) mass is 341 g/mol. The smallest absolute Gasteiger partial charge is 0.0743 e. The van der Waals surface area contributed by atoms with Crippen molar-refractivity contribution in [1.82, 2.24) is 4.90 Å². The van der Waals surface area contributed by atoms with Crippen LogP contribution in [0.25, 0.3) is 0 Å². The molecule has 0 bridgehead atoms. The van der Waals surface area contributed by atoms with Gasteiger partial charge in [-0.05, 0) is 45.3 Å². The van der Waals surface area contributed by atoms with E-state index >= 15 is 0 Å².